The Morgan fingerprint density at radius 2 is 2.20 bits per heavy atom. The van der Waals surface area contributed by atoms with E-state index < -0.39 is 5.82 Å². The number of nitrogens with one attached hydrogen (secondary N) is 1. The number of amides is 1. The summed E-state index contributed by atoms with van der Waals surface area (Å²) in [6.45, 7) is 1.32. The molecule has 1 N–H and O–H groups in total. The third-order valence-electron chi connectivity index (χ3n) is 3.50. The van der Waals surface area contributed by atoms with Crippen LogP contribution < -0.4 is 10.1 Å². The molecule has 0 unspecified atom stereocenters. The number of rotatable bonds is 4. The maximum atomic E-state index is 13.6. The molecule has 0 aliphatic carbocycles. The molecule has 0 bridgehead atoms. The topological polar surface area (TPSA) is 41.6 Å². The van der Waals surface area contributed by atoms with Crippen LogP contribution in [0.3, 0.4) is 0 Å². The van der Waals surface area contributed by atoms with Crippen molar-refractivity contribution < 1.29 is 13.9 Å². The first-order valence-corrected chi connectivity index (χ1v) is 7.42. The molecule has 2 rings (SSSR count). The number of hydrogen-bond acceptors (Lipinski definition) is 3. The highest BCUT2D eigenvalue weighted by Gasteiger charge is 2.22. The SMILES string of the molecule is CNC1CCN(C(=O)COc2ccc(Br)cc2F)CC1. The zero-order chi connectivity index (χ0) is 14.5. The van der Waals surface area contributed by atoms with Gasteiger partial charge in [0.05, 0.1) is 0 Å². The predicted molar refractivity (Wildman–Crippen MR) is 78.3 cm³/mol. The number of nitrogens with zero attached hydrogens (tertiary/aromatic N) is 1. The van der Waals surface area contributed by atoms with Crippen LogP contribution in [-0.2, 0) is 4.79 Å². The van der Waals surface area contributed by atoms with Crippen molar-refractivity contribution in [2.75, 3.05) is 26.7 Å². The smallest absolute Gasteiger partial charge is 0.260 e. The largest absolute Gasteiger partial charge is 0.481 e. The maximum absolute atomic E-state index is 13.6. The Balaban J connectivity index is 1.83. The van der Waals surface area contributed by atoms with Gasteiger partial charge in [0.15, 0.2) is 18.2 Å². The first-order chi connectivity index (χ1) is 9.60. The van der Waals surface area contributed by atoms with E-state index in [0.717, 1.165) is 25.9 Å². The summed E-state index contributed by atoms with van der Waals surface area (Å²) in [6, 6.07) is 4.99. The molecule has 4 nitrogen and oxygen atoms in total. The van der Waals surface area contributed by atoms with Gasteiger partial charge in [-0.25, -0.2) is 4.39 Å². The number of ether oxygens (including phenoxy) is 1. The van der Waals surface area contributed by atoms with Gasteiger partial charge in [-0.3, -0.25) is 4.79 Å². The standard InChI is InChI=1S/C14H18BrFN2O2/c1-17-11-4-6-18(7-5-11)14(19)9-20-13-3-2-10(15)8-12(13)16/h2-3,8,11,17H,4-7,9H2,1H3. The van der Waals surface area contributed by atoms with Crippen molar-refractivity contribution in [2.24, 2.45) is 0 Å². The molecule has 0 aromatic heterocycles. The van der Waals surface area contributed by atoms with Crippen LogP contribution in [0.5, 0.6) is 5.75 Å². The number of likely N-dealkylation sites (tertiary alicyclic amines) is 1. The lowest BCUT2D eigenvalue weighted by atomic mass is 10.1. The lowest BCUT2D eigenvalue weighted by Gasteiger charge is -2.31. The summed E-state index contributed by atoms with van der Waals surface area (Å²) in [5.41, 5.74) is 0. The Bertz CT molecular complexity index is 476. The summed E-state index contributed by atoms with van der Waals surface area (Å²) in [5, 5.41) is 3.21. The zero-order valence-electron chi connectivity index (χ0n) is 11.4. The summed E-state index contributed by atoms with van der Waals surface area (Å²) in [7, 11) is 1.93. The van der Waals surface area contributed by atoms with E-state index in [1.54, 1.807) is 11.0 Å². The number of benzene rings is 1. The monoisotopic (exact) mass is 344 g/mol. The molecule has 0 spiro atoms. The van der Waals surface area contributed by atoms with Crippen molar-refractivity contribution in [2.45, 2.75) is 18.9 Å². The molecule has 6 heteroatoms. The van der Waals surface area contributed by atoms with Crippen LogP contribution >= 0.6 is 15.9 Å². The summed E-state index contributed by atoms with van der Waals surface area (Å²) in [5.74, 6) is -0.463. The highest BCUT2D eigenvalue weighted by Crippen LogP contribution is 2.21. The summed E-state index contributed by atoms with van der Waals surface area (Å²) in [6.07, 6.45) is 1.88. The van der Waals surface area contributed by atoms with E-state index >= 15 is 0 Å². The number of hydrogen-bond donors (Lipinski definition) is 1. The molecular weight excluding hydrogens is 327 g/mol. The van der Waals surface area contributed by atoms with Crippen LogP contribution in [0.25, 0.3) is 0 Å². The minimum absolute atomic E-state index is 0.0955. The lowest BCUT2D eigenvalue weighted by Crippen LogP contribution is -2.45. The Kier molecular flexibility index (Phi) is 5.37. The fourth-order valence-corrected chi connectivity index (χ4v) is 2.57. The quantitative estimate of drug-likeness (QED) is 0.910. The molecule has 0 atom stereocenters. The van der Waals surface area contributed by atoms with Crippen LogP contribution in [0.15, 0.2) is 22.7 Å². The summed E-state index contributed by atoms with van der Waals surface area (Å²) >= 11 is 3.17. The third kappa shape index (κ3) is 3.93. The molecule has 1 aliphatic heterocycles. The van der Waals surface area contributed by atoms with Gasteiger partial charge in [0.1, 0.15) is 0 Å². The number of carbonyl (C=O) groups excluding carboxylic acids is 1. The van der Waals surface area contributed by atoms with Crippen LogP contribution in [-0.4, -0.2) is 43.6 Å². The predicted octanol–water partition coefficient (Wildman–Crippen LogP) is 2.18. The fourth-order valence-electron chi connectivity index (χ4n) is 2.24. The van der Waals surface area contributed by atoms with Gasteiger partial charge < -0.3 is 15.0 Å². The molecule has 1 aliphatic rings. The van der Waals surface area contributed by atoms with Crippen molar-refractivity contribution in [1.29, 1.82) is 0 Å². The molecule has 0 radical (unpaired) electrons. The van der Waals surface area contributed by atoms with Crippen LogP contribution in [0.1, 0.15) is 12.8 Å². The van der Waals surface area contributed by atoms with Gasteiger partial charge in [-0.2, -0.15) is 0 Å². The van der Waals surface area contributed by atoms with Gasteiger partial charge in [-0.1, -0.05) is 15.9 Å². The zero-order valence-corrected chi connectivity index (χ0v) is 13.0. The second-order valence-corrected chi connectivity index (χ2v) is 5.72. The van der Waals surface area contributed by atoms with E-state index in [0.29, 0.717) is 10.5 Å². The Labute approximate surface area is 126 Å². The first-order valence-electron chi connectivity index (χ1n) is 6.63. The van der Waals surface area contributed by atoms with Gasteiger partial charge in [0.25, 0.3) is 5.91 Å². The minimum Gasteiger partial charge on any atom is -0.481 e. The van der Waals surface area contributed by atoms with Crippen LogP contribution in [0, 0.1) is 5.82 Å². The Hall–Kier alpha value is -1.14. The van der Waals surface area contributed by atoms with E-state index in [1.807, 2.05) is 7.05 Å². The van der Waals surface area contributed by atoms with Crippen molar-refractivity contribution in [3.05, 3.63) is 28.5 Å². The number of halogens is 2. The molecule has 20 heavy (non-hydrogen) atoms. The van der Waals surface area contributed by atoms with Gasteiger partial charge in [-0.05, 0) is 38.1 Å². The van der Waals surface area contributed by atoms with Gasteiger partial charge >= 0.3 is 0 Å². The molecule has 1 saturated heterocycles. The second kappa shape index (κ2) is 7.04. The molecule has 1 fully saturated rings. The lowest BCUT2D eigenvalue weighted by molar-refractivity contribution is -0.134. The summed E-state index contributed by atoms with van der Waals surface area (Å²) < 4.78 is 19.5. The molecule has 110 valence electrons. The van der Waals surface area contributed by atoms with Gasteiger partial charge in [0, 0.05) is 23.6 Å². The number of carbonyl (C=O) groups is 1. The summed E-state index contributed by atoms with van der Waals surface area (Å²) in [4.78, 5) is 13.8. The second-order valence-electron chi connectivity index (χ2n) is 4.81. The number of piperidine rings is 1. The average molecular weight is 345 g/mol. The van der Waals surface area contributed by atoms with Crippen LogP contribution in [0.4, 0.5) is 4.39 Å². The normalized spacial score (nSPS) is 16.2. The Morgan fingerprint density at radius 3 is 2.80 bits per heavy atom. The molecule has 1 amide bonds. The van der Waals surface area contributed by atoms with Crippen molar-refractivity contribution in [3.63, 3.8) is 0 Å². The molecule has 0 saturated carbocycles. The minimum atomic E-state index is -0.471. The third-order valence-corrected chi connectivity index (χ3v) is 3.99. The van der Waals surface area contributed by atoms with E-state index in [4.69, 9.17) is 4.74 Å². The molecule has 1 aromatic rings. The Morgan fingerprint density at radius 1 is 1.50 bits per heavy atom. The highest BCUT2D eigenvalue weighted by molar-refractivity contribution is 9.10. The van der Waals surface area contributed by atoms with Crippen molar-refractivity contribution in [1.82, 2.24) is 10.2 Å². The fraction of sp³-hybridized carbons (Fsp3) is 0.500. The highest BCUT2D eigenvalue weighted by atomic mass is 79.9. The van der Waals surface area contributed by atoms with E-state index in [2.05, 4.69) is 21.2 Å². The molecular formula is C14H18BrFN2O2. The van der Waals surface area contributed by atoms with Gasteiger partial charge in [0.2, 0.25) is 0 Å². The van der Waals surface area contributed by atoms with Crippen molar-refractivity contribution in [3.8, 4) is 5.75 Å². The average Bonchev–Trinajstić information content (AvgIpc) is 2.46. The molecule has 1 aromatic carbocycles. The molecule has 1 heterocycles. The van der Waals surface area contributed by atoms with E-state index in [9.17, 15) is 9.18 Å². The first kappa shape index (κ1) is 15.3. The van der Waals surface area contributed by atoms with E-state index in [-0.39, 0.29) is 18.3 Å². The van der Waals surface area contributed by atoms with Crippen LogP contribution in [0.2, 0.25) is 0 Å². The van der Waals surface area contributed by atoms with Crippen molar-refractivity contribution >= 4 is 21.8 Å². The van der Waals surface area contributed by atoms with E-state index in [1.165, 1.54) is 12.1 Å². The van der Waals surface area contributed by atoms with Gasteiger partial charge in [-0.15, -0.1) is 0 Å². The maximum Gasteiger partial charge on any atom is 0.260 e.